The Labute approximate surface area is 211 Å². The third-order valence-corrected chi connectivity index (χ3v) is 6.98. The largest absolute Gasteiger partial charge is 0.248 e. The van der Waals surface area contributed by atoms with Crippen LogP contribution in [0.15, 0.2) is 127 Å². The molecule has 0 radical (unpaired) electrons. The smallest absolute Gasteiger partial charge is 0.0721 e. The van der Waals surface area contributed by atoms with Gasteiger partial charge in [0.1, 0.15) is 0 Å². The van der Waals surface area contributed by atoms with Crippen LogP contribution < -0.4 is 0 Å². The first kappa shape index (κ1) is 20.6. The Kier molecular flexibility index (Phi) is 4.85. The molecule has 0 amide bonds. The lowest BCUT2D eigenvalue weighted by atomic mass is 9.92. The molecule has 1 heteroatoms. The number of hydrogen-bond donors (Lipinski definition) is 0. The molecule has 168 valence electrons. The van der Waals surface area contributed by atoms with E-state index in [9.17, 15) is 0 Å². The van der Waals surface area contributed by atoms with E-state index in [4.69, 9.17) is 4.98 Å². The Hall–Kier alpha value is -4.75. The standard InChI is InChI=1S/C35H23N/c1-3-9-24(10-4-1)30-20-31(25-11-5-2-6-12-25)22-32(21-30)27-14-7-15-28(19-27)34-23-29-18-17-26-13-8-16-33(36-34)35(26)29/h1-23H. The summed E-state index contributed by atoms with van der Waals surface area (Å²) in [5.41, 5.74) is 12.9. The summed E-state index contributed by atoms with van der Waals surface area (Å²) in [5, 5.41) is 1.25. The molecule has 6 aromatic rings. The summed E-state index contributed by atoms with van der Waals surface area (Å²) in [7, 11) is 0. The summed E-state index contributed by atoms with van der Waals surface area (Å²) in [4.78, 5) is 5.03. The van der Waals surface area contributed by atoms with Crippen LogP contribution in [0.25, 0.3) is 67.7 Å². The highest BCUT2D eigenvalue weighted by Crippen LogP contribution is 2.36. The first-order valence-electron chi connectivity index (χ1n) is 12.3. The van der Waals surface area contributed by atoms with Crippen molar-refractivity contribution in [3.05, 3.63) is 139 Å². The van der Waals surface area contributed by atoms with E-state index in [-0.39, 0.29) is 0 Å². The minimum Gasteiger partial charge on any atom is -0.248 e. The molecule has 1 heterocycles. The van der Waals surface area contributed by atoms with Gasteiger partial charge in [0.05, 0.1) is 11.2 Å². The van der Waals surface area contributed by atoms with Crippen molar-refractivity contribution in [2.24, 2.45) is 0 Å². The second kappa shape index (κ2) is 8.48. The lowest BCUT2D eigenvalue weighted by Gasteiger charge is -2.13. The molecule has 5 aromatic carbocycles. The van der Waals surface area contributed by atoms with Crippen molar-refractivity contribution in [3.8, 4) is 44.6 Å². The van der Waals surface area contributed by atoms with Crippen LogP contribution in [0.1, 0.15) is 11.1 Å². The highest BCUT2D eigenvalue weighted by Gasteiger charge is 2.13. The molecule has 0 N–H and O–H groups in total. The zero-order valence-electron chi connectivity index (χ0n) is 19.7. The van der Waals surface area contributed by atoms with Gasteiger partial charge in [-0.1, -0.05) is 103 Å². The van der Waals surface area contributed by atoms with Gasteiger partial charge in [0.2, 0.25) is 0 Å². The summed E-state index contributed by atoms with van der Waals surface area (Å²) in [6, 6.07) is 45.4. The van der Waals surface area contributed by atoms with Crippen molar-refractivity contribution >= 4 is 23.1 Å². The molecule has 0 bridgehead atoms. The Morgan fingerprint density at radius 3 is 1.58 bits per heavy atom. The Morgan fingerprint density at radius 1 is 0.361 bits per heavy atom. The zero-order valence-corrected chi connectivity index (χ0v) is 19.7. The fourth-order valence-corrected chi connectivity index (χ4v) is 5.19. The van der Waals surface area contributed by atoms with Crippen LogP contribution in [0.5, 0.6) is 0 Å². The van der Waals surface area contributed by atoms with Gasteiger partial charge in [0.25, 0.3) is 0 Å². The average molecular weight is 458 g/mol. The van der Waals surface area contributed by atoms with E-state index in [0.717, 1.165) is 16.8 Å². The van der Waals surface area contributed by atoms with Crippen molar-refractivity contribution in [2.45, 2.75) is 0 Å². The van der Waals surface area contributed by atoms with Crippen LogP contribution in [0.4, 0.5) is 0 Å². The highest BCUT2D eigenvalue weighted by atomic mass is 14.7. The van der Waals surface area contributed by atoms with Crippen LogP contribution in [-0.4, -0.2) is 4.98 Å². The minimum absolute atomic E-state index is 1.01. The second-order valence-electron chi connectivity index (χ2n) is 9.28. The van der Waals surface area contributed by atoms with Gasteiger partial charge < -0.3 is 0 Å². The van der Waals surface area contributed by atoms with Crippen molar-refractivity contribution in [1.82, 2.24) is 4.98 Å². The van der Waals surface area contributed by atoms with Crippen LogP contribution >= 0.6 is 0 Å². The van der Waals surface area contributed by atoms with Crippen molar-refractivity contribution in [3.63, 3.8) is 0 Å². The van der Waals surface area contributed by atoms with E-state index in [1.165, 1.54) is 49.9 Å². The molecule has 1 nitrogen and oxygen atoms in total. The molecule has 0 saturated heterocycles. The summed E-state index contributed by atoms with van der Waals surface area (Å²) >= 11 is 0. The van der Waals surface area contributed by atoms with E-state index in [1.54, 1.807) is 0 Å². The van der Waals surface area contributed by atoms with Crippen LogP contribution in [-0.2, 0) is 0 Å². The maximum absolute atomic E-state index is 5.03. The lowest BCUT2D eigenvalue weighted by molar-refractivity contribution is 1.39. The maximum atomic E-state index is 5.03. The molecule has 0 fully saturated rings. The normalized spacial score (nSPS) is 11.8. The fourth-order valence-electron chi connectivity index (χ4n) is 5.19. The molecular weight excluding hydrogens is 434 g/mol. The molecule has 0 aliphatic heterocycles. The maximum Gasteiger partial charge on any atom is 0.0721 e. The van der Waals surface area contributed by atoms with E-state index in [2.05, 4.69) is 140 Å². The van der Waals surface area contributed by atoms with Gasteiger partial charge in [0.15, 0.2) is 0 Å². The number of nitrogens with zero attached hydrogens (tertiary/aromatic N) is 1. The Balaban J connectivity index is 1.38. The Bertz CT molecular complexity index is 1700. The topological polar surface area (TPSA) is 12.9 Å². The number of rotatable bonds is 4. The predicted molar refractivity (Wildman–Crippen MR) is 152 cm³/mol. The molecular formula is C35H23N. The molecule has 1 aromatic heterocycles. The van der Waals surface area contributed by atoms with Gasteiger partial charge in [-0.05, 0) is 80.9 Å². The number of aromatic nitrogens is 1. The van der Waals surface area contributed by atoms with Gasteiger partial charge >= 0.3 is 0 Å². The average Bonchev–Trinajstić information content (AvgIpc) is 3.38. The quantitative estimate of drug-likeness (QED) is 0.256. The molecule has 36 heavy (non-hydrogen) atoms. The third kappa shape index (κ3) is 3.62. The van der Waals surface area contributed by atoms with Crippen LogP contribution in [0.2, 0.25) is 0 Å². The molecule has 0 atom stereocenters. The lowest BCUT2D eigenvalue weighted by Crippen LogP contribution is -1.90. The summed E-state index contributed by atoms with van der Waals surface area (Å²) in [6.45, 7) is 0. The fraction of sp³-hybridized carbons (Fsp3) is 0. The number of pyridine rings is 1. The molecule has 0 spiro atoms. The van der Waals surface area contributed by atoms with Gasteiger partial charge in [-0.2, -0.15) is 0 Å². The first-order valence-corrected chi connectivity index (χ1v) is 12.3. The minimum atomic E-state index is 1.01. The molecule has 0 saturated carbocycles. The molecule has 1 aliphatic rings. The summed E-state index contributed by atoms with van der Waals surface area (Å²) in [6.07, 6.45) is 4.38. The SMILES string of the molecule is C1=Cc2cc(-c3cccc(-c4cc(-c5ccccc5)cc(-c5ccccc5)c4)c3)nc3cccc1c23. The van der Waals surface area contributed by atoms with Gasteiger partial charge in [-0.15, -0.1) is 0 Å². The van der Waals surface area contributed by atoms with Gasteiger partial charge in [-0.3, -0.25) is 0 Å². The van der Waals surface area contributed by atoms with E-state index < -0.39 is 0 Å². The van der Waals surface area contributed by atoms with Gasteiger partial charge in [0, 0.05) is 10.9 Å². The molecule has 7 rings (SSSR count). The second-order valence-corrected chi connectivity index (χ2v) is 9.28. The van der Waals surface area contributed by atoms with E-state index in [0.29, 0.717) is 0 Å². The Morgan fingerprint density at radius 2 is 0.889 bits per heavy atom. The number of hydrogen-bond acceptors (Lipinski definition) is 1. The van der Waals surface area contributed by atoms with E-state index >= 15 is 0 Å². The third-order valence-electron chi connectivity index (χ3n) is 6.98. The number of benzene rings is 5. The predicted octanol–water partition coefficient (Wildman–Crippen LogP) is 9.39. The van der Waals surface area contributed by atoms with Crippen molar-refractivity contribution in [2.75, 3.05) is 0 Å². The highest BCUT2D eigenvalue weighted by molar-refractivity contribution is 6.04. The zero-order chi connectivity index (χ0) is 23.9. The van der Waals surface area contributed by atoms with Crippen LogP contribution in [0, 0.1) is 0 Å². The monoisotopic (exact) mass is 457 g/mol. The summed E-state index contributed by atoms with van der Waals surface area (Å²) in [5.74, 6) is 0. The molecule has 0 unspecified atom stereocenters. The first-order chi connectivity index (χ1) is 17.8. The van der Waals surface area contributed by atoms with Crippen LogP contribution in [0.3, 0.4) is 0 Å². The van der Waals surface area contributed by atoms with Crippen molar-refractivity contribution < 1.29 is 0 Å². The van der Waals surface area contributed by atoms with E-state index in [1.807, 2.05) is 0 Å². The van der Waals surface area contributed by atoms with Crippen molar-refractivity contribution in [1.29, 1.82) is 0 Å². The summed E-state index contributed by atoms with van der Waals surface area (Å²) < 4.78 is 0. The van der Waals surface area contributed by atoms with Gasteiger partial charge in [-0.25, -0.2) is 4.98 Å². The molecule has 1 aliphatic carbocycles.